The van der Waals surface area contributed by atoms with Gasteiger partial charge in [-0.3, -0.25) is 4.79 Å². The number of alkyl halides is 1. The number of carbonyl (C=O) groups is 1. The largest absolute Gasteiger partial charge is 0.493 e. The number of halogens is 1. The minimum atomic E-state index is -0.186. The van der Waals surface area contributed by atoms with Crippen LogP contribution in [0.1, 0.15) is 10.4 Å². The Morgan fingerprint density at radius 1 is 1.17 bits per heavy atom. The molecular weight excluding hydrogens is 302 g/mol. The normalized spacial score (nSPS) is 9.78. The van der Waals surface area contributed by atoms with Crippen molar-refractivity contribution in [1.29, 1.82) is 0 Å². The molecule has 1 amide bonds. The molecule has 0 fully saturated rings. The zero-order valence-electron chi connectivity index (χ0n) is 10.6. The van der Waals surface area contributed by atoms with Crippen LogP contribution in [0.4, 0.5) is 0 Å². The first-order valence-corrected chi connectivity index (χ1v) is 6.44. The topological polar surface area (TPSA) is 56.8 Å². The zero-order valence-corrected chi connectivity index (χ0v) is 12.2. The summed E-state index contributed by atoms with van der Waals surface area (Å²) in [5.74, 6) is 1.20. The number of hydrogen-bond donors (Lipinski definition) is 1. The third kappa shape index (κ3) is 3.29. The van der Waals surface area contributed by atoms with E-state index in [1.165, 1.54) is 21.3 Å². The number of carbonyl (C=O) groups excluding carboxylic acids is 1. The Hall–Kier alpha value is -1.43. The third-order valence-corrected chi connectivity index (χ3v) is 2.70. The average Bonchev–Trinajstić information content (AvgIpc) is 2.42. The molecule has 1 aromatic carbocycles. The van der Waals surface area contributed by atoms with E-state index in [1.807, 2.05) is 0 Å². The van der Waals surface area contributed by atoms with Gasteiger partial charge in [-0.2, -0.15) is 0 Å². The highest BCUT2D eigenvalue weighted by molar-refractivity contribution is 9.09. The highest BCUT2D eigenvalue weighted by atomic mass is 79.9. The van der Waals surface area contributed by atoms with Gasteiger partial charge in [-0.25, -0.2) is 0 Å². The lowest BCUT2D eigenvalue weighted by Crippen LogP contribution is -2.25. The molecule has 0 atom stereocenters. The summed E-state index contributed by atoms with van der Waals surface area (Å²) < 4.78 is 15.5. The number of hydrogen-bond acceptors (Lipinski definition) is 4. The molecule has 0 saturated heterocycles. The monoisotopic (exact) mass is 317 g/mol. The first kappa shape index (κ1) is 14.6. The summed E-state index contributed by atoms with van der Waals surface area (Å²) in [6.45, 7) is 0.551. The van der Waals surface area contributed by atoms with E-state index in [0.717, 1.165) is 0 Å². The number of amides is 1. The van der Waals surface area contributed by atoms with Crippen molar-refractivity contribution in [3.63, 3.8) is 0 Å². The van der Waals surface area contributed by atoms with Gasteiger partial charge >= 0.3 is 0 Å². The number of ether oxygens (including phenoxy) is 3. The summed E-state index contributed by atoms with van der Waals surface area (Å²) in [7, 11) is 4.54. The Bertz CT molecular complexity index is 398. The molecule has 1 N–H and O–H groups in total. The second kappa shape index (κ2) is 7.10. The van der Waals surface area contributed by atoms with E-state index in [-0.39, 0.29) is 5.91 Å². The number of rotatable bonds is 6. The van der Waals surface area contributed by atoms with Crippen LogP contribution >= 0.6 is 15.9 Å². The lowest BCUT2D eigenvalue weighted by molar-refractivity contribution is 0.0955. The van der Waals surface area contributed by atoms with Crippen molar-refractivity contribution >= 4 is 21.8 Å². The van der Waals surface area contributed by atoms with Gasteiger partial charge in [-0.15, -0.1) is 0 Å². The Balaban J connectivity index is 3.10. The smallest absolute Gasteiger partial charge is 0.251 e. The van der Waals surface area contributed by atoms with E-state index >= 15 is 0 Å². The highest BCUT2D eigenvalue weighted by Gasteiger charge is 2.16. The van der Waals surface area contributed by atoms with Crippen LogP contribution in [0.5, 0.6) is 17.2 Å². The maximum absolute atomic E-state index is 11.9. The van der Waals surface area contributed by atoms with E-state index in [0.29, 0.717) is 34.7 Å². The molecule has 1 rings (SSSR count). The van der Waals surface area contributed by atoms with Crippen LogP contribution in [0.25, 0.3) is 0 Å². The van der Waals surface area contributed by atoms with E-state index in [4.69, 9.17) is 14.2 Å². The molecule has 0 aliphatic rings. The van der Waals surface area contributed by atoms with Gasteiger partial charge in [0.05, 0.1) is 21.3 Å². The predicted octanol–water partition coefficient (Wildman–Crippen LogP) is 1.84. The first-order chi connectivity index (χ1) is 8.67. The summed E-state index contributed by atoms with van der Waals surface area (Å²) in [6.07, 6.45) is 0. The first-order valence-electron chi connectivity index (χ1n) is 5.32. The van der Waals surface area contributed by atoms with Crippen molar-refractivity contribution in [3.05, 3.63) is 17.7 Å². The highest BCUT2D eigenvalue weighted by Crippen LogP contribution is 2.38. The fourth-order valence-corrected chi connectivity index (χ4v) is 1.67. The Morgan fingerprint density at radius 3 is 2.11 bits per heavy atom. The van der Waals surface area contributed by atoms with Crippen LogP contribution in [-0.2, 0) is 0 Å². The van der Waals surface area contributed by atoms with Gasteiger partial charge in [0.1, 0.15) is 0 Å². The minimum absolute atomic E-state index is 0.186. The molecule has 0 heterocycles. The molecule has 0 radical (unpaired) electrons. The van der Waals surface area contributed by atoms with Gasteiger partial charge in [0, 0.05) is 17.4 Å². The zero-order chi connectivity index (χ0) is 13.5. The fourth-order valence-electron chi connectivity index (χ4n) is 1.48. The van der Waals surface area contributed by atoms with Crippen molar-refractivity contribution in [2.75, 3.05) is 33.2 Å². The molecule has 0 aromatic heterocycles. The molecule has 0 aliphatic heterocycles. The molecule has 0 aliphatic carbocycles. The standard InChI is InChI=1S/C12H16BrNO4/c1-16-9-6-8(12(15)14-5-4-13)7-10(17-2)11(9)18-3/h6-7H,4-5H2,1-3H3,(H,14,15). The number of methoxy groups -OCH3 is 3. The van der Waals surface area contributed by atoms with E-state index in [9.17, 15) is 4.79 Å². The summed E-state index contributed by atoms with van der Waals surface area (Å²) in [4.78, 5) is 11.9. The van der Waals surface area contributed by atoms with E-state index in [2.05, 4.69) is 21.2 Å². The summed E-state index contributed by atoms with van der Waals surface area (Å²) in [5.41, 5.74) is 0.463. The second-order valence-electron chi connectivity index (χ2n) is 3.36. The van der Waals surface area contributed by atoms with Crippen molar-refractivity contribution in [1.82, 2.24) is 5.32 Å². The number of benzene rings is 1. The van der Waals surface area contributed by atoms with Crippen LogP contribution in [0.2, 0.25) is 0 Å². The summed E-state index contributed by atoms with van der Waals surface area (Å²) >= 11 is 3.25. The second-order valence-corrected chi connectivity index (χ2v) is 4.15. The molecule has 100 valence electrons. The predicted molar refractivity (Wildman–Crippen MR) is 72.2 cm³/mol. The maximum Gasteiger partial charge on any atom is 0.251 e. The van der Waals surface area contributed by atoms with Crippen LogP contribution in [0.15, 0.2) is 12.1 Å². The van der Waals surface area contributed by atoms with Gasteiger partial charge in [0.2, 0.25) is 5.75 Å². The molecule has 0 spiro atoms. The molecule has 0 saturated carbocycles. The molecule has 6 heteroatoms. The van der Waals surface area contributed by atoms with Crippen LogP contribution in [-0.4, -0.2) is 39.1 Å². The van der Waals surface area contributed by atoms with Gasteiger partial charge in [0.25, 0.3) is 5.91 Å². The van der Waals surface area contributed by atoms with Gasteiger partial charge in [0.15, 0.2) is 11.5 Å². The Labute approximate surface area is 115 Å². The third-order valence-electron chi connectivity index (χ3n) is 2.31. The lowest BCUT2D eigenvalue weighted by atomic mass is 10.1. The molecular formula is C12H16BrNO4. The van der Waals surface area contributed by atoms with Gasteiger partial charge in [-0.1, -0.05) is 15.9 Å². The summed E-state index contributed by atoms with van der Waals surface area (Å²) in [5, 5.41) is 3.45. The molecule has 18 heavy (non-hydrogen) atoms. The van der Waals surface area contributed by atoms with Crippen molar-refractivity contribution in [2.24, 2.45) is 0 Å². The maximum atomic E-state index is 11.9. The van der Waals surface area contributed by atoms with Crippen molar-refractivity contribution in [3.8, 4) is 17.2 Å². The quantitative estimate of drug-likeness (QED) is 0.813. The average molecular weight is 318 g/mol. The number of nitrogens with one attached hydrogen (secondary N) is 1. The van der Waals surface area contributed by atoms with Gasteiger partial charge < -0.3 is 19.5 Å². The van der Waals surface area contributed by atoms with Crippen LogP contribution in [0, 0.1) is 0 Å². The molecule has 0 unspecified atom stereocenters. The molecule has 1 aromatic rings. The van der Waals surface area contributed by atoms with Crippen molar-refractivity contribution < 1.29 is 19.0 Å². The van der Waals surface area contributed by atoms with Gasteiger partial charge in [-0.05, 0) is 12.1 Å². The van der Waals surface area contributed by atoms with Crippen molar-refractivity contribution in [2.45, 2.75) is 0 Å². The van der Waals surface area contributed by atoms with Crippen LogP contribution in [0.3, 0.4) is 0 Å². The Morgan fingerprint density at radius 2 is 1.72 bits per heavy atom. The minimum Gasteiger partial charge on any atom is -0.493 e. The molecule has 5 nitrogen and oxygen atoms in total. The summed E-state index contributed by atoms with van der Waals surface area (Å²) in [6, 6.07) is 3.23. The van der Waals surface area contributed by atoms with E-state index < -0.39 is 0 Å². The van der Waals surface area contributed by atoms with Crippen LogP contribution < -0.4 is 19.5 Å². The lowest BCUT2D eigenvalue weighted by Gasteiger charge is -2.13. The Kier molecular flexibility index (Phi) is 5.77. The molecule has 0 bridgehead atoms. The SMILES string of the molecule is COc1cc(C(=O)NCCBr)cc(OC)c1OC. The van der Waals surface area contributed by atoms with E-state index in [1.54, 1.807) is 12.1 Å². The fraction of sp³-hybridized carbons (Fsp3) is 0.417.